The molecule has 4 rings (SSSR count). The first-order valence-corrected chi connectivity index (χ1v) is 10.8. The van der Waals surface area contributed by atoms with Gasteiger partial charge < -0.3 is 14.6 Å². The number of benzene rings is 1. The van der Waals surface area contributed by atoms with Crippen molar-refractivity contribution in [1.29, 1.82) is 0 Å². The lowest BCUT2D eigenvalue weighted by Crippen LogP contribution is -2.52. The number of nitrogens with one attached hydrogen (secondary N) is 1. The van der Waals surface area contributed by atoms with E-state index >= 15 is 0 Å². The molecule has 3 aromatic rings. The van der Waals surface area contributed by atoms with E-state index in [1.165, 1.54) is 17.0 Å². The van der Waals surface area contributed by atoms with Crippen LogP contribution in [0, 0.1) is 6.92 Å². The molecule has 0 unspecified atom stereocenters. The second-order valence-electron chi connectivity index (χ2n) is 7.32. The summed E-state index contributed by atoms with van der Waals surface area (Å²) in [7, 11) is 0. The van der Waals surface area contributed by atoms with Crippen LogP contribution < -0.4 is 10.2 Å². The fourth-order valence-electron chi connectivity index (χ4n) is 3.63. The lowest BCUT2D eigenvalue weighted by atomic mass is 10.2. The van der Waals surface area contributed by atoms with Crippen molar-refractivity contribution < 1.29 is 9.21 Å². The number of nitrogens with zero attached hydrogens (tertiary/aromatic N) is 3. The third-order valence-electron chi connectivity index (χ3n) is 5.36. The maximum Gasteiger partial charge on any atom is 0.271 e. The van der Waals surface area contributed by atoms with E-state index < -0.39 is 0 Å². The average molecular weight is 411 g/mol. The molecular weight excluding hydrogens is 384 g/mol. The fourth-order valence-corrected chi connectivity index (χ4v) is 4.50. The minimum absolute atomic E-state index is 0.119. The van der Waals surface area contributed by atoms with E-state index in [-0.39, 0.29) is 11.9 Å². The quantitative estimate of drug-likeness (QED) is 0.672. The standard InChI is InChI=1S/C22H26N4O2S/c1-16(25-10-12-26(13-11-25)18-7-4-3-5-8-18)15-23-21(27)20-17(2)29-22(24-20)19-9-6-14-28-19/h3-9,14,16H,10-13,15H2,1-2H3,(H,23,27)/t16-/m1/s1. The van der Waals surface area contributed by atoms with Crippen LogP contribution in [0.1, 0.15) is 22.3 Å². The van der Waals surface area contributed by atoms with Gasteiger partial charge in [0.25, 0.3) is 5.91 Å². The lowest BCUT2D eigenvalue weighted by Gasteiger charge is -2.39. The van der Waals surface area contributed by atoms with Crippen molar-refractivity contribution in [1.82, 2.24) is 15.2 Å². The van der Waals surface area contributed by atoms with E-state index in [1.807, 2.05) is 25.1 Å². The van der Waals surface area contributed by atoms with Crippen LogP contribution in [0.5, 0.6) is 0 Å². The Morgan fingerprint density at radius 2 is 1.93 bits per heavy atom. The van der Waals surface area contributed by atoms with E-state index in [0.29, 0.717) is 18.0 Å². The van der Waals surface area contributed by atoms with Crippen LogP contribution in [0.25, 0.3) is 10.8 Å². The van der Waals surface area contributed by atoms with E-state index in [4.69, 9.17) is 4.42 Å². The Balaban J connectivity index is 1.29. The highest BCUT2D eigenvalue weighted by molar-refractivity contribution is 7.15. The van der Waals surface area contributed by atoms with Crippen molar-refractivity contribution in [2.75, 3.05) is 37.6 Å². The summed E-state index contributed by atoms with van der Waals surface area (Å²) in [5.74, 6) is 0.577. The molecule has 1 atom stereocenters. The summed E-state index contributed by atoms with van der Waals surface area (Å²) in [6.45, 7) is 8.68. The molecule has 152 valence electrons. The Morgan fingerprint density at radius 3 is 2.62 bits per heavy atom. The molecule has 0 saturated carbocycles. The lowest BCUT2D eigenvalue weighted by molar-refractivity contribution is 0.0929. The molecule has 29 heavy (non-hydrogen) atoms. The summed E-state index contributed by atoms with van der Waals surface area (Å²) in [5.41, 5.74) is 1.77. The third kappa shape index (κ3) is 4.52. The second kappa shape index (κ2) is 8.80. The molecule has 2 aromatic heterocycles. The first kappa shape index (κ1) is 19.7. The SMILES string of the molecule is Cc1sc(-c2ccco2)nc1C(=O)NC[C@@H](C)N1CCN(c2ccccc2)CC1. The summed E-state index contributed by atoms with van der Waals surface area (Å²) >= 11 is 1.48. The van der Waals surface area contributed by atoms with Gasteiger partial charge in [0.2, 0.25) is 0 Å². The van der Waals surface area contributed by atoms with Crippen molar-refractivity contribution in [2.24, 2.45) is 0 Å². The minimum Gasteiger partial charge on any atom is -0.462 e. The van der Waals surface area contributed by atoms with Gasteiger partial charge in [-0.15, -0.1) is 11.3 Å². The van der Waals surface area contributed by atoms with Crippen LogP contribution >= 0.6 is 11.3 Å². The van der Waals surface area contributed by atoms with E-state index in [2.05, 4.69) is 51.3 Å². The van der Waals surface area contributed by atoms with E-state index in [0.717, 1.165) is 36.1 Å². The molecule has 1 N–H and O–H groups in total. The number of piperazine rings is 1. The summed E-state index contributed by atoms with van der Waals surface area (Å²) in [6, 6.07) is 14.5. The number of furan rings is 1. The van der Waals surface area contributed by atoms with Gasteiger partial charge in [-0.3, -0.25) is 9.69 Å². The largest absolute Gasteiger partial charge is 0.462 e. The van der Waals surface area contributed by atoms with Gasteiger partial charge in [-0.1, -0.05) is 18.2 Å². The van der Waals surface area contributed by atoms with Gasteiger partial charge in [0, 0.05) is 49.3 Å². The van der Waals surface area contributed by atoms with Crippen LogP contribution in [0.15, 0.2) is 53.1 Å². The molecule has 1 aliphatic heterocycles. The molecule has 1 aliphatic rings. The van der Waals surface area contributed by atoms with Gasteiger partial charge in [0.15, 0.2) is 10.8 Å². The highest BCUT2D eigenvalue weighted by Crippen LogP contribution is 2.27. The van der Waals surface area contributed by atoms with E-state index in [1.54, 1.807) is 6.26 Å². The molecule has 0 aliphatic carbocycles. The van der Waals surface area contributed by atoms with Gasteiger partial charge >= 0.3 is 0 Å². The molecule has 6 nitrogen and oxygen atoms in total. The Kier molecular flexibility index (Phi) is 5.97. The first-order valence-electron chi connectivity index (χ1n) is 9.95. The topological polar surface area (TPSA) is 61.6 Å². The predicted octanol–water partition coefficient (Wildman–Crippen LogP) is 3.65. The second-order valence-corrected chi connectivity index (χ2v) is 8.52. The highest BCUT2D eigenvalue weighted by Gasteiger charge is 2.23. The highest BCUT2D eigenvalue weighted by atomic mass is 32.1. The Labute approximate surface area is 175 Å². The van der Waals surface area contributed by atoms with Gasteiger partial charge in [-0.2, -0.15) is 0 Å². The minimum atomic E-state index is -0.119. The monoisotopic (exact) mass is 410 g/mol. The smallest absolute Gasteiger partial charge is 0.271 e. The number of aryl methyl sites for hydroxylation is 1. The molecule has 0 radical (unpaired) electrons. The number of aromatic nitrogens is 1. The number of hydrogen-bond acceptors (Lipinski definition) is 6. The normalized spacial score (nSPS) is 16.0. The van der Waals surface area contributed by atoms with E-state index in [9.17, 15) is 4.79 Å². The number of rotatable bonds is 6. The fraction of sp³-hybridized carbons (Fsp3) is 0.364. The van der Waals surface area contributed by atoms with Crippen LogP contribution in [0.3, 0.4) is 0 Å². The van der Waals surface area contributed by atoms with Gasteiger partial charge in [-0.05, 0) is 38.1 Å². The van der Waals surface area contributed by atoms with Crippen molar-refractivity contribution in [2.45, 2.75) is 19.9 Å². The average Bonchev–Trinajstić information content (AvgIpc) is 3.42. The molecule has 1 fully saturated rings. The zero-order chi connectivity index (χ0) is 20.2. The molecule has 1 aromatic carbocycles. The number of carbonyl (C=O) groups excluding carboxylic acids is 1. The summed E-state index contributed by atoms with van der Waals surface area (Å²) < 4.78 is 5.39. The van der Waals surface area contributed by atoms with Crippen molar-refractivity contribution in [3.63, 3.8) is 0 Å². The summed E-state index contributed by atoms with van der Waals surface area (Å²) in [4.78, 5) is 22.9. The van der Waals surface area contributed by atoms with Crippen LogP contribution in [-0.2, 0) is 0 Å². The first-order chi connectivity index (χ1) is 14.1. The molecule has 0 bridgehead atoms. The molecule has 7 heteroatoms. The maximum atomic E-state index is 12.6. The maximum absolute atomic E-state index is 12.6. The summed E-state index contributed by atoms with van der Waals surface area (Å²) in [5, 5.41) is 3.80. The number of carbonyl (C=O) groups is 1. The van der Waals surface area contributed by atoms with Crippen LogP contribution in [0.4, 0.5) is 5.69 Å². The molecule has 1 saturated heterocycles. The number of para-hydroxylation sites is 1. The molecular formula is C22H26N4O2S. The summed E-state index contributed by atoms with van der Waals surface area (Å²) in [6.07, 6.45) is 1.62. The zero-order valence-electron chi connectivity index (χ0n) is 16.8. The molecule has 1 amide bonds. The van der Waals surface area contributed by atoms with Crippen molar-refractivity contribution in [3.05, 3.63) is 59.3 Å². The Morgan fingerprint density at radius 1 is 1.17 bits per heavy atom. The Bertz CT molecular complexity index is 931. The van der Waals surface area contributed by atoms with Gasteiger partial charge in [-0.25, -0.2) is 4.98 Å². The van der Waals surface area contributed by atoms with Gasteiger partial charge in [0.05, 0.1) is 6.26 Å². The molecule has 0 spiro atoms. The Hall–Kier alpha value is -2.64. The van der Waals surface area contributed by atoms with Crippen molar-refractivity contribution in [3.8, 4) is 10.8 Å². The molecule has 3 heterocycles. The number of hydrogen-bond donors (Lipinski definition) is 1. The number of amides is 1. The number of anilines is 1. The van der Waals surface area contributed by atoms with Crippen LogP contribution in [0.2, 0.25) is 0 Å². The van der Waals surface area contributed by atoms with Crippen molar-refractivity contribution >= 4 is 22.9 Å². The third-order valence-corrected chi connectivity index (χ3v) is 6.35. The van der Waals surface area contributed by atoms with Crippen LogP contribution in [-0.4, -0.2) is 54.6 Å². The predicted molar refractivity (Wildman–Crippen MR) is 117 cm³/mol. The zero-order valence-corrected chi connectivity index (χ0v) is 17.6. The van der Waals surface area contributed by atoms with Gasteiger partial charge in [0.1, 0.15) is 5.69 Å². The number of thiazole rings is 1.